The van der Waals surface area contributed by atoms with E-state index in [9.17, 15) is 9.59 Å². The van der Waals surface area contributed by atoms with Crippen molar-refractivity contribution in [2.45, 2.75) is 39.5 Å². The molecule has 0 heterocycles. The second-order valence-corrected chi connectivity index (χ2v) is 5.68. The molecule has 0 saturated heterocycles. The predicted octanol–water partition coefficient (Wildman–Crippen LogP) is 3.37. The van der Waals surface area contributed by atoms with E-state index in [0.717, 1.165) is 5.56 Å². The Kier molecular flexibility index (Phi) is 4.87. The van der Waals surface area contributed by atoms with Crippen LogP contribution in [-0.2, 0) is 14.9 Å². The number of hydrogen-bond acceptors (Lipinski definition) is 3. The van der Waals surface area contributed by atoms with Gasteiger partial charge in [0.25, 0.3) is 0 Å². The van der Waals surface area contributed by atoms with Crippen LogP contribution in [0, 0.1) is 5.92 Å². The Labute approximate surface area is 115 Å². The summed E-state index contributed by atoms with van der Waals surface area (Å²) in [5.41, 5.74) is 1.77. The maximum Gasteiger partial charge on any atom is 0.316 e. The van der Waals surface area contributed by atoms with Crippen molar-refractivity contribution in [2.24, 2.45) is 5.92 Å². The molecule has 19 heavy (non-hydrogen) atoms. The van der Waals surface area contributed by atoms with E-state index in [0.29, 0.717) is 12.0 Å². The van der Waals surface area contributed by atoms with Crippen LogP contribution in [-0.4, -0.2) is 18.9 Å². The molecular formula is C16H22O3. The van der Waals surface area contributed by atoms with Gasteiger partial charge in [-0.15, -0.1) is 0 Å². The Hall–Kier alpha value is -1.64. The molecule has 3 heteroatoms. The summed E-state index contributed by atoms with van der Waals surface area (Å²) < 4.78 is 4.66. The van der Waals surface area contributed by atoms with Gasteiger partial charge in [0.05, 0.1) is 7.11 Å². The number of carbonyl (C=O) groups excluding carboxylic acids is 2. The van der Waals surface area contributed by atoms with Gasteiger partial charge in [0, 0.05) is 5.56 Å². The van der Waals surface area contributed by atoms with Gasteiger partial charge in [-0.3, -0.25) is 9.59 Å². The smallest absolute Gasteiger partial charge is 0.316 e. The highest BCUT2D eigenvalue weighted by Gasteiger charge is 2.26. The summed E-state index contributed by atoms with van der Waals surface area (Å²) in [4.78, 5) is 23.8. The van der Waals surface area contributed by atoms with E-state index in [-0.39, 0.29) is 11.2 Å². The lowest BCUT2D eigenvalue weighted by molar-refractivity contribution is -0.143. The van der Waals surface area contributed by atoms with E-state index in [4.69, 9.17) is 0 Å². The molecule has 0 bridgehead atoms. The summed E-state index contributed by atoms with van der Waals surface area (Å²) in [6.45, 7) is 8.16. The molecule has 0 aliphatic carbocycles. The monoisotopic (exact) mass is 262 g/mol. The van der Waals surface area contributed by atoms with Crippen molar-refractivity contribution in [1.82, 2.24) is 0 Å². The van der Waals surface area contributed by atoms with Crippen LogP contribution in [0.1, 0.15) is 50.0 Å². The molecule has 0 saturated carbocycles. The van der Waals surface area contributed by atoms with Crippen molar-refractivity contribution in [2.75, 3.05) is 7.11 Å². The zero-order valence-corrected chi connectivity index (χ0v) is 12.3. The van der Waals surface area contributed by atoms with Gasteiger partial charge in [-0.05, 0) is 17.4 Å². The molecule has 1 unspecified atom stereocenters. The molecule has 3 nitrogen and oxygen atoms in total. The lowest BCUT2D eigenvalue weighted by Crippen LogP contribution is -2.25. The van der Waals surface area contributed by atoms with Gasteiger partial charge in [-0.2, -0.15) is 0 Å². The Morgan fingerprint density at radius 2 is 1.68 bits per heavy atom. The fourth-order valence-electron chi connectivity index (χ4n) is 1.94. The summed E-state index contributed by atoms with van der Waals surface area (Å²) in [6, 6.07) is 7.46. The van der Waals surface area contributed by atoms with Crippen molar-refractivity contribution in [3.63, 3.8) is 0 Å². The minimum atomic E-state index is -0.703. The first-order chi connectivity index (χ1) is 8.81. The van der Waals surface area contributed by atoms with Gasteiger partial charge in [-0.25, -0.2) is 0 Å². The van der Waals surface area contributed by atoms with Gasteiger partial charge in [0.1, 0.15) is 5.92 Å². The third kappa shape index (κ3) is 3.66. The molecule has 0 spiro atoms. The molecule has 104 valence electrons. The Balaban J connectivity index is 2.97. The fourth-order valence-corrected chi connectivity index (χ4v) is 1.94. The number of ether oxygens (including phenoxy) is 1. The fraction of sp³-hybridized carbons (Fsp3) is 0.500. The predicted molar refractivity (Wildman–Crippen MR) is 75.3 cm³/mol. The first-order valence-corrected chi connectivity index (χ1v) is 6.53. The second-order valence-electron chi connectivity index (χ2n) is 5.68. The van der Waals surface area contributed by atoms with E-state index in [1.165, 1.54) is 7.11 Å². The quantitative estimate of drug-likeness (QED) is 0.474. The summed E-state index contributed by atoms with van der Waals surface area (Å²) in [5, 5.41) is 0. The molecule has 0 radical (unpaired) electrons. The van der Waals surface area contributed by atoms with Crippen LogP contribution in [0.2, 0.25) is 0 Å². The van der Waals surface area contributed by atoms with Gasteiger partial charge < -0.3 is 4.74 Å². The van der Waals surface area contributed by atoms with Crippen LogP contribution in [0.4, 0.5) is 0 Å². The molecule has 0 fully saturated rings. The molecule has 0 aliphatic heterocycles. The number of Topliss-reactive ketones (excluding diaryl/α,β-unsaturated/α-hetero) is 1. The van der Waals surface area contributed by atoms with Crippen LogP contribution in [0.5, 0.6) is 0 Å². The van der Waals surface area contributed by atoms with Crippen molar-refractivity contribution in [3.05, 3.63) is 35.4 Å². The highest BCUT2D eigenvalue weighted by Crippen LogP contribution is 2.23. The van der Waals surface area contributed by atoms with Crippen LogP contribution in [0.15, 0.2) is 24.3 Å². The summed E-state index contributed by atoms with van der Waals surface area (Å²) in [6.07, 6.45) is 0.451. The minimum Gasteiger partial charge on any atom is -0.468 e. The lowest BCUT2D eigenvalue weighted by atomic mass is 9.85. The molecule has 1 aromatic carbocycles. The highest BCUT2D eigenvalue weighted by atomic mass is 16.5. The molecular weight excluding hydrogens is 240 g/mol. The summed E-state index contributed by atoms with van der Waals surface area (Å²) in [5.74, 6) is -1.34. The first-order valence-electron chi connectivity index (χ1n) is 6.53. The number of esters is 1. The van der Waals surface area contributed by atoms with Gasteiger partial charge in [0.15, 0.2) is 5.78 Å². The normalized spacial score (nSPS) is 12.9. The van der Waals surface area contributed by atoms with E-state index >= 15 is 0 Å². The van der Waals surface area contributed by atoms with Crippen LogP contribution in [0.3, 0.4) is 0 Å². The molecule has 0 N–H and O–H groups in total. The van der Waals surface area contributed by atoms with E-state index in [1.807, 2.05) is 19.1 Å². The molecule has 1 aromatic rings. The average molecular weight is 262 g/mol. The number of hydrogen-bond donors (Lipinski definition) is 0. The Bertz CT molecular complexity index is 452. The third-order valence-electron chi connectivity index (χ3n) is 3.25. The van der Waals surface area contributed by atoms with E-state index in [1.54, 1.807) is 12.1 Å². The SMILES string of the molecule is CCC(C(=O)OC)C(=O)c1ccc(C(C)(C)C)cc1. The molecule has 0 aromatic heterocycles. The second kappa shape index (κ2) is 6.00. The van der Waals surface area contributed by atoms with Crippen LogP contribution < -0.4 is 0 Å². The van der Waals surface area contributed by atoms with Crippen molar-refractivity contribution < 1.29 is 14.3 Å². The number of benzene rings is 1. The van der Waals surface area contributed by atoms with Crippen LogP contribution in [0.25, 0.3) is 0 Å². The first kappa shape index (κ1) is 15.4. The van der Waals surface area contributed by atoms with Crippen molar-refractivity contribution in [1.29, 1.82) is 0 Å². The number of ketones is 1. The standard InChI is InChI=1S/C16H22O3/c1-6-13(15(18)19-5)14(17)11-7-9-12(10-8-11)16(2,3)4/h7-10,13H,6H2,1-5H3. The van der Waals surface area contributed by atoms with Gasteiger partial charge in [0.2, 0.25) is 0 Å². The summed E-state index contributed by atoms with van der Waals surface area (Å²) >= 11 is 0. The average Bonchev–Trinajstić information content (AvgIpc) is 2.38. The number of rotatable bonds is 4. The maximum atomic E-state index is 12.2. The molecule has 1 rings (SSSR count). The maximum absolute atomic E-state index is 12.2. The third-order valence-corrected chi connectivity index (χ3v) is 3.25. The zero-order chi connectivity index (χ0) is 14.6. The van der Waals surface area contributed by atoms with Gasteiger partial charge >= 0.3 is 5.97 Å². The summed E-state index contributed by atoms with van der Waals surface area (Å²) in [7, 11) is 1.31. The van der Waals surface area contributed by atoms with E-state index < -0.39 is 11.9 Å². The Morgan fingerprint density at radius 1 is 1.16 bits per heavy atom. The molecule has 1 atom stereocenters. The zero-order valence-electron chi connectivity index (χ0n) is 12.3. The molecule has 0 amide bonds. The topological polar surface area (TPSA) is 43.4 Å². The largest absolute Gasteiger partial charge is 0.468 e. The van der Waals surface area contributed by atoms with Crippen molar-refractivity contribution in [3.8, 4) is 0 Å². The highest BCUT2D eigenvalue weighted by molar-refractivity contribution is 6.08. The molecule has 0 aliphatic rings. The van der Waals surface area contributed by atoms with Crippen molar-refractivity contribution >= 4 is 11.8 Å². The van der Waals surface area contributed by atoms with Gasteiger partial charge in [-0.1, -0.05) is 52.0 Å². The Morgan fingerprint density at radius 3 is 2.05 bits per heavy atom. The number of methoxy groups -OCH3 is 1. The number of carbonyl (C=O) groups is 2. The van der Waals surface area contributed by atoms with Crippen LogP contribution >= 0.6 is 0 Å². The minimum absolute atomic E-state index is 0.0497. The van der Waals surface area contributed by atoms with E-state index in [2.05, 4.69) is 25.5 Å². The lowest BCUT2D eigenvalue weighted by Gasteiger charge is -2.19.